The number of ether oxygens (including phenoxy) is 1. The highest BCUT2D eigenvalue weighted by molar-refractivity contribution is 5.27. The average molecular weight is 234 g/mol. The minimum absolute atomic E-state index is 0.536. The van der Waals surface area contributed by atoms with E-state index < -0.39 is 0 Å². The summed E-state index contributed by atoms with van der Waals surface area (Å²) in [6, 6.07) is 9.00. The lowest BCUT2D eigenvalue weighted by Crippen LogP contribution is -2.44. The van der Waals surface area contributed by atoms with Gasteiger partial charge in [-0.2, -0.15) is 0 Å². The van der Waals surface area contributed by atoms with Gasteiger partial charge in [-0.1, -0.05) is 24.3 Å². The number of benzene rings is 1. The van der Waals surface area contributed by atoms with E-state index in [1.807, 2.05) is 0 Å². The largest absolute Gasteiger partial charge is 0.379 e. The molecule has 1 aliphatic rings. The first-order valence-electron chi connectivity index (χ1n) is 6.40. The molecule has 0 radical (unpaired) electrons. The first-order chi connectivity index (χ1) is 8.31. The number of morpholine rings is 1. The summed E-state index contributed by atoms with van der Waals surface area (Å²) in [5.74, 6) is 0. The van der Waals surface area contributed by atoms with Crippen LogP contribution in [0, 0.1) is 0 Å². The lowest BCUT2D eigenvalue weighted by molar-refractivity contribution is 0.000344. The third-order valence-electron chi connectivity index (χ3n) is 3.51. The molecule has 0 bridgehead atoms. The lowest BCUT2D eigenvalue weighted by atomic mass is 10.0. The Bertz CT molecular complexity index is 354. The molecule has 1 atom stereocenters. The smallest absolute Gasteiger partial charge is 0.0619 e. The second kappa shape index (κ2) is 6.15. The number of rotatable bonds is 4. The van der Waals surface area contributed by atoms with Gasteiger partial charge in [0.05, 0.1) is 13.2 Å². The van der Waals surface area contributed by atoms with Crippen molar-refractivity contribution in [3.63, 3.8) is 0 Å². The Kier molecular flexibility index (Phi) is 4.54. The van der Waals surface area contributed by atoms with Crippen LogP contribution in [0.4, 0.5) is 0 Å². The van der Waals surface area contributed by atoms with Crippen molar-refractivity contribution in [1.29, 1.82) is 0 Å². The van der Waals surface area contributed by atoms with E-state index in [-0.39, 0.29) is 0 Å². The molecule has 3 heteroatoms. The van der Waals surface area contributed by atoms with Crippen LogP contribution in [-0.2, 0) is 17.7 Å². The highest BCUT2D eigenvalue weighted by atomic mass is 16.5. The average Bonchev–Trinajstić information content (AvgIpc) is 2.38. The van der Waals surface area contributed by atoms with E-state index in [9.17, 15) is 0 Å². The van der Waals surface area contributed by atoms with E-state index in [0.29, 0.717) is 12.6 Å². The molecule has 0 spiro atoms. The molecule has 0 saturated carbocycles. The standard InChI is InChI=1S/C14H22N2O/c1-12-11-17-9-8-16(12)7-6-13-4-2-3-5-14(13)10-15/h2-5,12H,6-11,15H2,1H3. The molecule has 2 N–H and O–H groups in total. The number of hydrogen-bond donors (Lipinski definition) is 1. The lowest BCUT2D eigenvalue weighted by Gasteiger charge is -2.33. The van der Waals surface area contributed by atoms with Crippen molar-refractivity contribution in [3.8, 4) is 0 Å². The van der Waals surface area contributed by atoms with E-state index in [1.54, 1.807) is 0 Å². The number of nitrogens with zero attached hydrogens (tertiary/aromatic N) is 1. The van der Waals surface area contributed by atoms with Gasteiger partial charge < -0.3 is 10.5 Å². The summed E-state index contributed by atoms with van der Waals surface area (Å²) >= 11 is 0. The molecule has 17 heavy (non-hydrogen) atoms. The summed E-state index contributed by atoms with van der Waals surface area (Å²) in [5, 5.41) is 0. The summed E-state index contributed by atoms with van der Waals surface area (Å²) in [7, 11) is 0. The summed E-state index contributed by atoms with van der Waals surface area (Å²) in [4.78, 5) is 2.50. The van der Waals surface area contributed by atoms with Crippen LogP contribution in [0.25, 0.3) is 0 Å². The third-order valence-corrected chi connectivity index (χ3v) is 3.51. The van der Waals surface area contributed by atoms with Crippen molar-refractivity contribution in [3.05, 3.63) is 35.4 Å². The zero-order chi connectivity index (χ0) is 12.1. The summed E-state index contributed by atoms with van der Waals surface area (Å²) in [6.07, 6.45) is 1.08. The Balaban J connectivity index is 1.92. The molecule has 1 heterocycles. The van der Waals surface area contributed by atoms with Crippen molar-refractivity contribution >= 4 is 0 Å². The number of hydrogen-bond acceptors (Lipinski definition) is 3. The van der Waals surface area contributed by atoms with Gasteiger partial charge in [0.25, 0.3) is 0 Å². The molecule has 1 aliphatic heterocycles. The molecule has 1 aromatic carbocycles. The zero-order valence-electron chi connectivity index (χ0n) is 10.6. The quantitative estimate of drug-likeness (QED) is 0.856. The fraction of sp³-hybridized carbons (Fsp3) is 0.571. The molecule has 1 unspecified atom stereocenters. The molecule has 2 rings (SSSR count). The van der Waals surface area contributed by atoms with Crippen LogP contribution in [0.15, 0.2) is 24.3 Å². The van der Waals surface area contributed by atoms with Gasteiger partial charge in [0.2, 0.25) is 0 Å². The maximum atomic E-state index is 5.75. The van der Waals surface area contributed by atoms with Crippen molar-refractivity contribution < 1.29 is 4.74 Å². The van der Waals surface area contributed by atoms with Gasteiger partial charge in [0.15, 0.2) is 0 Å². The maximum Gasteiger partial charge on any atom is 0.0619 e. The van der Waals surface area contributed by atoms with Crippen molar-refractivity contribution in [2.24, 2.45) is 5.73 Å². The fourth-order valence-corrected chi connectivity index (χ4v) is 2.36. The molecule has 1 saturated heterocycles. The summed E-state index contributed by atoms with van der Waals surface area (Å²) in [5.41, 5.74) is 8.41. The predicted octanol–water partition coefficient (Wildman–Crippen LogP) is 1.41. The fourth-order valence-electron chi connectivity index (χ4n) is 2.36. The molecule has 1 aromatic rings. The second-order valence-electron chi connectivity index (χ2n) is 4.68. The molecule has 1 fully saturated rings. The van der Waals surface area contributed by atoms with Crippen LogP contribution in [0.2, 0.25) is 0 Å². The molecule has 94 valence electrons. The molecular formula is C14H22N2O. The highest BCUT2D eigenvalue weighted by Gasteiger charge is 2.18. The van der Waals surface area contributed by atoms with Crippen LogP contribution < -0.4 is 5.73 Å². The normalized spacial score (nSPS) is 21.6. The summed E-state index contributed by atoms with van der Waals surface area (Å²) in [6.45, 7) is 6.73. The van der Waals surface area contributed by atoms with E-state index in [1.165, 1.54) is 11.1 Å². The van der Waals surface area contributed by atoms with Crippen LogP contribution in [0.3, 0.4) is 0 Å². The van der Waals surface area contributed by atoms with E-state index in [0.717, 1.165) is 32.7 Å². The molecule has 0 aromatic heterocycles. The Morgan fingerprint density at radius 2 is 2.12 bits per heavy atom. The van der Waals surface area contributed by atoms with Gasteiger partial charge in [-0.3, -0.25) is 4.90 Å². The Morgan fingerprint density at radius 1 is 1.35 bits per heavy atom. The van der Waals surface area contributed by atoms with Gasteiger partial charge in [-0.05, 0) is 24.5 Å². The van der Waals surface area contributed by atoms with Gasteiger partial charge in [-0.25, -0.2) is 0 Å². The monoisotopic (exact) mass is 234 g/mol. The van der Waals surface area contributed by atoms with Crippen molar-refractivity contribution in [1.82, 2.24) is 4.90 Å². The highest BCUT2D eigenvalue weighted by Crippen LogP contribution is 2.12. The zero-order valence-corrected chi connectivity index (χ0v) is 10.6. The van der Waals surface area contributed by atoms with Crippen LogP contribution in [-0.4, -0.2) is 37.2 Å². The van der Waals surface area contributed by atoms with E-state index >= 15 is 0 Å². The van der Waals surface area contributed by atoms with Crippen molar-refractivity contribution in [2.45, 2.75) is 25.9 Å². The Hall–Kier alpha value is -0.900. The van der Waals surface area contributed by atoms with E-state index in [4.69, 9.17) is 10.5 Å². The number of nitrogens with two attached hydrogens (primary N) is 1. The summed E-state index contributed by atoms with van der Waals surface area (Å²) < 4.78 is 5.45. The molecule has 3 nitrogen and oxygen atoms in total. The van der Waals surface area contributed by atoms with Gasteiger partial charge >= 0.3 is 0 Å². The molecule has 0 amide bonds. The minimum Gasteiger partial charge on any atom is -0.379 e. The minimum atomic E-state index is 0.536. The SMILES string of the molecule is CC1COCCN1CCc1ccccc1CN. The van der Waals surface area contributed by atoms with E-state index in [2.05, 4.69) is 36.1 Å². The van der Waals surface area contributed by atoms with Gasteiger partial charge in [0, 0.05) is 25.7 Å². The van der Waals surface area contributed by atoms with Gasteiger partial charge in [-0.15, -0.1) is 0 Å². The maximum absolute atomic E-state index is 5.75. The first kappa shape index (κ1) is 12.6. The van der Waals surface area contributed by atoms with Gasteiger partial charge in [0.1, 0.15) is 0 Å². The van der Waals surface area contributed by atoms with Crippen LogP contribution in [0.1, 0.15) is 18.1 Å². The molecular weight excluding hydrogens is 212 g/mol. The second-order valence-corrected chi connectivity index (χ2v) is 4.68. The third kappa shape index (κ3) is 3.28. The van der Waals surface area contributed by atoms with Crippen LogP contribution in [0.5, 0.6) is 0 Å². The first-order valence-corrected chi connectivity index (χ1v) is 6.40. The topological polar surface area (TPSA) is 38.5 Å². The van der Waals surface area contributed by atoms with Crippen molar-refractivity contribution in [2.75, 3.05) is 26.3 Å². The predicted molar refractivity (Wildman–Crippen MR) is 69.9 cm³/mol. The van der Waals surface area contributed by atoms with Crippen LogP contribution >= 0.6 is 0 Å². The Morgan fingerprint density at radius 3 is 2.82 bits per heavy atom. The molecule has 0 aliphatic carbocycles. The Labute approximate surface area is 104 Å².